The Kier molecular flexibility index (Phi) is 12.6. The molecule has 9 heteroatoms. The molecule has 1 saturated heterocycles. The number of aryl methyl sites for hydroxylation is 1. The molecular formula is C35H43N3O4S2. The summed E-state index contributed by atoms with van der Waals surface area (Å²) in [6.07, 6.45) is 12.2. The van der Waals surface area contributed by atoms with Gasteiger partial charge < -0.3 is 9.84 Å². The summed E-state index contributed by atoms with van der Waals surface area (Å²) in [5, 5.41) is 13.7. The third-order valence-corrected chi connectivity index (χ3v) is 8.84. The van der Waals surface area contributed by atoms with Gasteiger partial charge in [-0.2, -0.15) is 5.10 Å². The molecule has 0 spiro atoms. The van der Waals surface area contributed by atoms with Crippen LogP contribution in [-0.4, -0.2) is 49.1 Å². The Morgan fingerprint density at radius 1 is 1.02 bits per heavy atom. The first-order valence-electron chi connectivity index (χ1n) is 15.6. The van der Waals surface area contributed by atoms with Crippen molar-refractivity contribution < 1.29 is 19.4 Å². The van der Waals surface area contributed by atoms with Crippen molar-refractivity contribution in [2.75, 3.05) is 13.2 Å². The maximum absolute atomic E-state index is 13.4. The number of nitrogens with zero attached hydrogens (tertiary/aromatic N) is 3. The van der Waals surface area contributed by atoms with E-state index >= 15 is 0 Å². The second-order valence-electron chi connectivity index (χ2n) is 11.7. The summed E-state index contributed by atoms with van der Waals surface area (Å²) in [6, 6.07) is 16.1. The molecule has 4 rings (SSSR count). The van der Waals surface area contributed by atoms with Crippen molar-refractivity contribution in [3.05, 3.63) is 70.8 Å². The van der Waals surface area contributed by atoms with Crippen LogP contribution in [0.25, 0.3) is 23.0 Å². The maximum atomic E-state index is 13.4. The van der Waals surface area contributed by atoms with Crippen LogP contribution in [0, 0.1) is 12.8 Å². The molecule has 0 bridgehead atoms. The number of thioether (sulfide) groups is 1. The Morgan fingerprint density at radius 2 is 1.70 bits per heavy atom. The number of aromatic nitrogens is 2. The highest BCUT2D eigenvalue weighted by Gasteiger charge is 2.32. The van der Waals surface area contributed by atoms with Crippen molar-refractivity contribution in [3.63, 3.8) is 0 Å². The van der Waals surface area contributed by atoms with Gasteiger partial charge in [0.25, 0.3) is 5.91 Å². The monoisotopic (exact) mass is 633 g/mol. The molecule has 1 N–H and O–H groups in total. The summed E-state index contributed by atoms with van der Waals surface area (Å²) >= 11 is 6.97. The van der Waals surface area contributed by atoms with E-state index in [1.807, 2.05) is 66.3 Å². The van der Waals surface area contributed by atoms with Gasteiger partial charge in [0.15, 0.2) is 0 Å². The Labute approximate surface area is 270 Å². The fraction of sp³-hybridized carbons (Fsp3) is 0.429. The number of benzene rings is 2. The minimum absolute atomic E-state index is 0.0505. The number of carbonyl (C=O) groups is 2. The molecule has 2 aromatic carbocycles. The smallest absolute Gasteiger partial charge is 0.303 e. The third-order valence-electron chi connectivity index (χ3n) is 7.47. The first-order chi connectivity index (χ1) is 21.2. The van der Waals surface area contributed by atoms with E-state index in [1.54, 1.807) is 4.90 Å². The SMILES string of the molecule is Cc1cc(-c2nn(-c3ccccc3)cc2C=C2SC(=S)N(CCCCCCCCCCC(=O)O)C2=O)ccc1OCC(C)C. The second kappa shape index (κ2) is 16.6. The van der Waals surface area contributed by atoms with Crippen LogP contribution in [0.5, 0.6) is 5.75 Å². The zero-order valence-electron chi connectivity index (χ0n) is 26.0. The van der Waals surface area contributed by atoms with Crippen LogP contribution < -0.4 is 4.74 Å². The maximum Gasteiger partial charge on any atom is 0.303 e. The predicted molar refractivity (Wildman–Crippen MR) is 183 cm³/mol. The van der Waals surface area contributed by atoms with E-state index in [9.17, 15) is 9.59 Å². The molecule has 0 aliphatic carbocycles. The quantitative estimate of drug-likeness (QED) is 0.0904. The van der Waals surface area contributed by atoms with Crippen LogP contribution in [0.15, 0.2) is 59.6 Å². The van der Waals surface area contributed by atoms with E-state index in [0.29, 0.717) is 28.3 Å². The van der Waals surface area contributed by atoms with E-state index in [-0.39, 0.29) is 12.3 Å². The molecule has 0 unspecified atom stereocenters. The van der Waals surface area contributed by atoms with Crippen LogP contribution in [0.4, 0.5) is 0 Å². The van der Waals surface area contributed by atoms with Gasteiger partial charge in [-0.3, -0.25) is 14.5 Å². The lowest BCUT2D eigenvalue weighted by Crippen LogP contribution is -2.29. The van der Waals surface area contributed by atoms with Crippen molar-refractivity contribution in [1.29, 1.82) is 0 Å². The van der Waals surface area contributed by atoms with E-state index in [0.717, 1.165) is 85.2 Å². The van der Waals surface area contributed by atoms with Crippen molar-refractivity contribution >= 4 is 46.3 Å². The molecule has 0 saturated carbocycles. The van der Waals surface area contributed by atoms with Gasteiger partial charge in [-0.1, -0.05) is 94.6 Å². The van der Waals surface area contributed by atoms with E-state index < -0.39 is 5.97 Å². The summed E-state index contributed by atoms with van der Waals surface area (Å²) in [6.45, 7) is 7.58. The van der Waals surface area contributed by atoms with E-state index in [2.05, 4.69) is 19.9 Å². The molecule has 0 radical (unpaired) electrons. The number of aliphatic carboxylic acids is 1. The average molecular weight is 634 g/mol. The van der Waals surface area contributed by atoms with Gasteiger partial charge in [0, 0.05) is 30.3 Å². The Morgan fingerprint density at radius 3 is 2.36 bits per heavy atom. The molecule has 44 heavy (non-hydrogen) atoms. The normalized spacial score (nSPS) is 14.3. The Hall–Kier alpha value is -3.43. The molecule has 7 nitrogen and oxygen atoms in total. The molecule has 1 aliphatic rings. The Bertz CT molecular complexity index is 1470. The number of carbonyl (C=O) groups excluding carboxylic acids is 1. The van der Waals surface area contributed by atoms with Crippen LogP contribution >= 0.6 is 24.0 Å². The topological polar surface area (TPSA) is 84.7 Å². The van der Waals surface area contributed by atoms with E-state index in [1.165, 1.54) is 11.8 Å². The summed E-state index contributed by atoms with van der Waals surface area (Å²) in [7, 11) is 0. The largest absolute Gasteiger partial charge is 0.493 e. The van der Waals surface area contributed by atoms with Crippen molar-refractivity contribution in [2.24, 2.45) is 5.92 Å². The molecule has 2 heterocycles. The molecule has 0 atom stereocenters. The number of hydrogen-bond donors (Lipinski definition) is 1. The summed E-state index contributed by atoms with van der Waals surface area (Å²) in [5.74, 6) is 0.536. The average Bonchev–Trinajstić information content (AvgIpc) is 3.53. The van der Waals surface area contributed by atoms with Gasteiger partial charge >= 0.3 is 5.97 Å². The van der Waals surface area contributed by atoms with Crippen molar-refractivity contribution in [1.82, 2.24) is 14.7 Å². The zero-order chi connectivity index (χ0) is 31.5. The number of hydrogen-bond acceptors (Lipinski definition) is 6. The highest BCUT2D eigenvalue weighted by atomic mass is 32.2. The van der Waals surface area contributed by atoms with Crippen LogP contribution in [0.3, 0.4) is 0 Å². The lowest BCUT2D eigenvalue weighted by Gasteiger charge is -2.14. The lowest BCUT2D eigenvalue weighted by molar-refractivity contribution is -0.137. The summed E-state index contributed by atoms with van der Waals surface area (Å²) in [4.78, 5) is 26.4. The zero-order valence-corrected chi connectivity index (χ0v) is 27.6. The molecule has 234 valence electrons. The number of thiocarbonyl (C=S) groups is 1. The fourth-order valence-corrected chi connectivity index (χ4v) is 6.39. The molecule has 1 amide bonds. The highest BCUT2D eigenvalue weighted by molar-refractivity contribution is 8.26. The number of amides is 1. The number of carboxylic acids is 1. The number of ether oxygens (including phenoxy) is 1. The van der Waals surface area contributed by atoms with Gasteiger partial charge in [-0.15, -0.1) is 0 Å². The third kappa shape index (κ3) is 9.53. The highest BCUT2D eigenvalue weighted by Crippen LogP contribution is 2.36. The van der Waals surface area contributed by atoms with Crippen molar-refractivity contribution in [3.8, 4) is 22.7 Å². The molecular weight excluding hydrogens is 591 g/mol. The van der Waals surface area contributed by atoms with E-state index in [4.69, 9.17) is 27.2 Å². The number of unbranched alkanes of at least 4 members (excludes halogenated alkanes) is 7. The van der Waals surface area contributed by atoms with Crippen molar-refractivity contribution in [2.45, 2.75) is 78.6 Å². The number of carboxylic acid groups (broad SMARTS) is 1. The second-order valence-corrected chi connectivity index (χ2v) is 13.4. The van der Waals surface area contributed by atoms with Gasteiger partial charge in [0.1, 0.15) is 15.8 Å². The minimum Gasteiger partial charge on any atom is -0.493 e. The fourth-order valence-electron chi connectivity index (χ4n) is 5.09. The van der Waals surface area contributed by atoms with Gasteiger partial charge in [-0.05, 0) is 67.7 Å². The first-order valence-corrected chi connectivity index (χ1v) is 16.8. The number of para-hydroxylation sites is 1. The predicted octanol–water partition coefficient (Wildman–Crippen LogP) is 8.68. The standard InChI is InChI=1S/C35H43N3O4S2/c1-25(2)24-42-30-19-18-27(21-26(30)3)33-28(23-38(36-33)29-15-11-10-12-16-29)22-31-34(41)37(35(43)44-31)20-14-9-7-5-4-6-8-13-17-32(39)40/h10-12,15-16,18-19,21-23,25H,4-9,13-14,17,20,24H2,1-3H3,(H,39,40). The Balaban J connectivity index is 1.43. The lowest BCUT2D eigenvalue weighted by atomic mass is 10.0. The molecule has 3 aromatic rings. The first kappa shape index (κ1) is 33.5. The molecule has 1 aliphatic heterocycles. The summed E-state index contributed by atoms with van der Waals surface area (Å²) in [5.41, 5.74) is 4.58. The van der Waals surface area contributed by atoms with Crippen LogP contribution in [0.2, 0.25) is 0 Å². The molecule has 1 fully saturated rings. The van der Waals surface area contributed by atoms with Crippen LogP contribution in [-0.2, 0) is 9.59 Å². The number of rotatable bonds is 17. The van der Waals surface area contributed by atoms with Gasteiger partial charge in [0.05, 0.1) is 17.2 Å². The van der Waals surface area contributed by atoms with Gasteiger partial charge in [0.2, 0.25) is 0 Å². The summed E-state index contributed by atoms with van der Waals surface area (Å²) < 4.78 is 8.45. The minimum atomic E-state index is -0.717. The molecule has 1 aromatic heterocycles. The van der Waals surface area contributed by atoms with Crippen LogP contribution in [0.1, 0.15) is 82.8 Å². The van der Waals surface area contributed by atoms with Gasteiger partial charge in [-0.25, -0.2) is 4.68 Å².